The third kappa shape index (κ3) is 8.24. The standard InChI is InChI=1S/C9H14N4O5.C9H13N3O3.C9H12N2O6/c10-7-4(8(11)17)12-2-13(7)9-6(16)5(15)3(1-14)18-9;10-7-3-4-12(9(14)11-7)8-2-1-6(5-13)15-8;12-3-4-6(14)7(15)8(17-4)11-2-1-5(13)10-9(11)16/h2-3,5-6,9,14-16H,1,10H2,(H2,11,17);3-4,6,8,13H,1-2,5H2,(H2,10,11,14);1-2,4,6-8,12,14-15H,3H2,(H,10,13,16)/t3-,5-,6-,9-;6-,8+;4-,6-,7-,8-/m101/s1. The second-order valence-electron chi connectivity index (χ2n) is 11.2. The van der Waals surface area contributed by atoms with Crippen molar-refractivity contribution in [2.45, 2.75) is 74.3 Å². The number of hydrogen-bond donors (Lipinski definition) is 11. The zero-order valence-electron chi connectivity index (χ0n) is 26.2. The Labute approximate surface area is 280 Å². The van der Waals surface area contributed by atoms with Crippen molar-refractivity contribution in [2.75, 3.05) is 31.3 Å². The van der Waals surface area contributed by atoms with Crippen molar-refractivity contribution in [3.8, 4) is 0 Å². The van der Waals surface area contributed by atoms with E-state index in [1.807, 2.05) is 4.98 Å². The van der Waals surface area contributed by atoms with Gasteiger partial charge in [0, 0.05) is 18.5 Å². The van der Waals surface area contributed by atoms with Crippen LogP contribution in [0.4, 0.5) is 11.6 Å². The number of primary amides is 1. The molecule has 0 saturated carbocycles. The zero-order chi connectivity index (χ0) is 36.9. The number of nitrogens with one attached hydrogen (secondary N) is 1. The molecule has 3 aromatic heterocycles. The minimum Gasteiger partial charge on any atom is -0.394 e. The fourth-order valence-electron chi connectivity index (χ4n) is 5.28. The summed E-state index contributed by atoms with van der Waals surface area (Å²) in [7, 11) is 0. The van der Waals surface area contributed by atoms with Crippen LogP contribution in [0, 0.1) is 0 Å². The van der Waals surface area contributed by atoms with Gasteiger partial charge in [0.15, 0.2) is 18.1 Å². The van der Waals surface area contributed by atoms with Crippen LogP contribution in [0.3, 0.4) is 0 Å². The zero-order valence-corrected chi connectivity index (χ0v) is 26.2. The van der Waals surface area contributed by atoms with Gasteiger partial charge in [-0.2, -0.15) is 4.98 Å². The molecule has 0 aliphatic carbocycles. The van der Waals surface area contributed by atoms with Crippen LogP contribution in [0.25, 0.3) is 0 Å². The summed E-state index contributed by atoms with van der Waals surface area (Å²) in [4.78, 5) is 54.1. The Hall–Kier alpha value is -4.56. The number of nitrogens with two attached hydrogens (primary N) is 3. The number of nitrogens with zero attached hydrogens (tertiary/aromatic N) is 5. The molecule has 50 heavy (non-hydrogen) atoms. The molecule has 3 aliphatic rings. The van der Waals surface area contributed by atoms with Crippen LogP contribution in [0.5, 0.6) is 0 Å². The summed E-state index contributed by atoms with van der Waals surface area (Å²) in [5.41, 5.74) is 14.2. The van der Waals surface area contributed by atoms with E-state index in [2.05, 4.69) is 9.97 Å². The lowest BCUT2D eigenvalue weighted by Gasteiger charge is -2.17. The minimum atomic E-state index is -1.35. The lowest BCUT2D eigenvalue weighted by atomic mass is 10.1. The van der Waals surface area contributed by atoms with Gasteiger partial charge in [0.2, 0.25) is 0 Å². The maximum Gasteiger partial charge on any atom is 0.351 e. The van der Waals surface area contributed by atoms with Gasteiger partial charge in [0.1, 0.15) is 54.5 Å². The van der Waals surface area contributed by atoms with E-state index in [4.69, 9.17) is 46.7 Å². The van der Waals surface area contributed by atoms with Crippen LogP contribution in [0.2, 0.25) is 0 Å². The number of ether oxygens (including phenoxy) is 3. The number of amides is 1. The summed E-state index contributed by atoms with van der Waals surface area (Å²) < 4.78 is 19.3. The molecule has 276 valence electrons. The molecule has 0 bridgehead atoms. The van der Waals surface area contributed by atoms with Crippen LogP contribution in [-0.2, 0) is 14.2 Å². The van der Waals surface area contributed by atoms with Crippen molar-refractivity contribution < 1.29 is 54.8 Å². The number of nitrogen functional groups attached to an aromatic ring is 2. The van der Waals surface area contributed by atoms with Gasteiger partial charge in [0.25, 0.3) is 11.5 Å². The third-order valence-corrected chi connectivity index (χ3v) is 7.95. The fourth-order valence-corrected chi connectivity index (χ4v) is 5.28. The van der Waals surface area contributed by atoms with Crippen LogP contribution < -0.4 is 34.1 Å². The average molecular weight is 714 g/mol. The molecule has 23 heteroatoms. The number of imidazole rings is 1. The Balaban J connectivity index is 0.000000169. The molecule has 1 amide bonds. The number of carbonyl (C=O) groups is 1. The summed E-state index contributed by atoms with van der Waals surface area (Å²) in [6, 6.07) is 2.65. The maximum atomic E-state index is 11.5. The Morgan fingerprint density at radius 1 is 0.820 bits per heavy atom. The molecule has 6 heterocycles. The molecule has 0 radical (unpaired) electrons. The topological polar surface area (TPSA) is 372 Å². The van der Waals surface area contributed by atoms with Crippen molar-refractivity contribution in [3.05, 3.63) is 67.9 Å². The van der Waals surface area contributed by atoms with Crippen molar-refractivity contribution in [2.24, 2.45) is 5.73 Å². The quantitative estimate of drug-likeness (QED) is 0.108. The van der Waals surface area contributed by atoms with Crippen molar-refractivity contribution in [1.29, 1.82) is 0 Å². The molecular weight excluding hydrogens is 674 g/mol. The number of aliphatic hydroxyl groups is 7. The Morgan fingerprint density at radius 3 is 1.86 bits per heavy atom. The first-order chi connectivity index (χ1) is 23.7. The molecule has 3 aromatic rings. The fraction of sp³-hybridized carbons (Fsp3) is 0.556. The normalized spacial score (nSPS) is 30.3. The van der Waals surface area contributed by atoms with Gasteiger partial charge in [-0.1, -0.05) is 0 Å². The molecule has 0 aromatic carbocycles. The summed E-state index contributed by atoms with van der Waals surface area (Å²) in [6.45, 7) is -0.952. The van der Waals surface area contributed by atoms with Crippen molar-refractivity contribution >= 4 is 17.5 Å². The van der Waals surface area contributed by atoms with E-state index in [1.165, 1.54) is 15.5 Å². The largest absolute Gasteiger partial charge is 0.394 e. The minimum absolute atomic E-state index is 0.0202. The van der Waals surface area contributed by atoms with E-state index in [-0.39, 0.29) is 36.3 Å². The number of aromatic nitrogens is 6. The summed E-state index contributed by atoms with van der Waals surface area (Å²) in [6.07, 6.45) is -4.40. The molecule has 3 aliphatic heterocycles. The molecule has 10 atom stereocenters. The summed E-state index contributed by atoms with van der Waals surface area (Å²) >= 11 is 0. The van der Waals surface area contributed by atoms with E-state index in [1.54, 1.807) is 12.3 Å². The van der Waals surface area contributed by atoms with E-state index >= 15 is 0 Å². The van der Waals surface area contributed by atoms with Gasteiger partial charge in [-0.05, 0) is 18.9 Å². The highest BCUT2D eigenvalue weighted by molar-refractivity contribution is 5.95. The predicted octanol–water partition coefficient (Wildman–Crippen LogP) is -6.18. The van der Waals surface area contributed by atoms with Crippen LogP contribution in [-0.4, -0.2) is 133 Å². The second-order valence-corrected chi connectivity index (χ2v) is 11.2. The lowest BCUT2D eigenvalue weighted by Crippen LogP contribution is -2.37. The first kappa shape index (κ1) is 38.2. The van der Waals surface area contributed by atoms with Gasteiger partial charge < -0.3 is 67.2 Å². The first-order valence-corrected chi connectivity index (χ1v) is 15.0. The highest BCUT2D eigenvalue weighted by atomic mass is 16.6. The molecule has 23 nitrogen and oxygen atoms in total. The van der Waals surface area contributed by atoms with Crippen molar-refractivity contribution in [1.82, 2.24) is 28.7 Å². The van der Waals surface area contributed by atoms with Crippen molar-refractivity contribution in [3.63, 3.8) is 0 Å². The Bertz CT molecular complexity index is 1780. The Morgan fingerprint density at radius 2 is 1.40 bits per heavy atom. The van der Waals surface area contributed by atoms with Gasteiger partial charge >= 0.3 is 11.4 Å². The highest BCUT2D eigenvalue weighted by Gasteiger charge is 2.45. The number of anilines is 2. The SMILES string of the molecule is NC(=O)c1ncn([C@@H]2O[C@H](CO)[C@@H](O)[C@H]2O)c1N.Nc1ccn([C@H]2CC[C@@H](CO)O2)c(=O)n1.O=c1ccn([C@@H]2O[C@H](CO)[C@@H](O)[C@H]2O)c(=O)[nH]1. The molecule has 3 fully saturated rings. The number of rotatable bonds is 7. The number of aliphatic hydroxyl groups excluding tert-OH is 7. The van der Waals surface area contributed by atoms with E-state index < -0.39 is 85.1 Å². The van der Waals surface area contributed by atoms with Gasteiger partial charge in [0.05, 0.1) is 32.3 Å². The number of H-pyrrole nitrogens is 1. The maximum absolute atomic E-state index is 11.5. The molecule has 6 rings (SSSR count). The number of hydrogen-bond acceptors (Lipinski definition) is 18. The average Bonchev–Trinajstić information content (AvgIpc) is 3.84. The van der Waals surface area contributed by atoms with Gasteiger partial charge in [-0.3, -0.25) is 28.3 Å². The predicted molar refractivity (Wildman–Crippen MR) is 166 cm³/mol. The molecule has 14 N–H and O–H groups in total. The molecule has 0 spiro atoms. The smallest absolute Gasteiger partial charge is 0.351 e. The molecular formula is C27H39N9O14. The van der Waals surface area contributed by atoms with Gasteiger partial charge in [-0.15, -0.1) is 0 Å². The van der Waals surface area contributed by atoms with Crippen LogP contribution in [0.1, 0.15) is 42.0 Å². The Kier molecular flexibility index (Phi) is 12.6. The second kappa shape index (κ2) is 16.4. The van der Waals surface area contributed by atoms with Gasteiger partial charge in [-0.25, -0.2) is 14.6 Å². The molecule has 3 saturated heterocycles. The first-order valence-electron chi connectivity index (χ1n) is 15.0. The summed E-state index contributed by atoms with van der Waals surface area (Å²) in [5.74, 6) is -0.678. The van der Waals surface area contributed by atoms with E-state index in [9.17, 15) is 39.6 Å². The summed E-state index contributed by atoms with van der Waals surface area (Å²) in [5, 5.41) is 65.3. The van der Waals surface area contributed by atoms with E-state index in [0.717, 1.165) is 23.3 Å². The number of carbonyl (C=O) groups excluding carboxylic acids is 1. The highest BCUT2D eigenvalue weighted by Crippen LogP contribution is 2.32. The third-order valence-electron chi connectivity index (χ3n) is 7.95. The van der Waals surface area contributed by atoms with Crippen LogP contribution in [0.15, 0.2) is 45.2 Å². The van der Waals surface area contributed by atoms with E-state index in [0.29, 0.717) is 6.42 Å². The molecule has 0 unspecified atom stereocenters. The monoisotopic (exact) mass is 713 g/mol. The lowest BCUT2D eigenvalue weighted by molar-refractivity contribution is -0.0550. The number of aromatic amines is 1. The van der Waals surface area contributed by atoms with Crippen LogP contribution >= 0.6 is 0 Å².